The van der Waals surface area contributed by atoms with Crippen LogP contribution in [0.2, 0.25) is 5.02 Å². The van der Waals surface area contributed by atoms with Gasteiger partial charge in [0.1, 0.15) is 23.5 Å². The zero-order valence-corrected chi connectivity index (χ0v) is 11.1. The third-order valence-electron chi connectivity index (χ3n) is 3.34. The lowest BCUT2D eigenvalue weighted by Gasteiger charge is -2.30. The molecule has 0 radical (unpaired) electrons. The number of rotatable bonds is 1. The fourth-order valence-electron chi connectivity index (χ4n) is 2.37. The van der Waals surface area contributed by atoms with Gasteiger partial charge >= 0.3 is 0 Å². The van der Waals surface area contributed by atoms with Crippen LogP contribution in [0.1, 0.15) is 29.8 Å². The molecule has 0 aromatic heterocycles. The van der Waals surface area contributed by atoms with E-state index >= 15 is 0 Å². The largest absolute Gasteiger partial charge is 0.485 e. The van der Waals surface area contributed by atoms with Crippen molar-refractivity contribution in [1.29, 1.82) is 0 Å². The highest BCUT2D eigenvalue weighted by molar-refractivity contribution is 6.30. The van der Waals surface area contributed by atoms with Crippen molar-refractivity contribution in [2.24, 2.45) is 0 Å². The molecule has 0 aliphatic carbocycles. The van der Waals surface area contributed by atoms with Crippen LogP contribution in [-0.2, 0) is 0 Å². The van der Waals surface area contributed by atoms with Gasteiger partial charge in [-0.05, 0) is 36.4 Å². The molecule has 1 aliphatic heterocycles. The summed E-state index contributed by atoms with van der Waals surface area (Å²) >= 11 is 5.86. The minimum Gasteiger partial charge on any atom is -0.485 e. The number of benzene rings is 2. The Kier molecular flexibility index (Phi) is 3.36. The maximum absolute atomic E-state index is 13.8. The van der Waals surface area contributed by atoms with Gasteiger partial charge in [0, 0.05) is 22.6 Å². The first-order valence-corrected chi connectivity index (χ1v) is 6.51. The molecule has 2 aromatic rings. The quantitative estimate of drug-likeness (QED) is 0.855. The molecule has 1 N–H and O–H groups in total. The van der Waals surface area contributed by atoms with Gasteiger partial charge in [-0.2, -0.15) is 0 Å². The second kappa shape index (κ2) is 5.04. The summed E-state index contributed by atoms with van der Waals surface area (Å²) in [6, 6.07) is 8.08. The van der Waals surface area contributed by atoms with Crippen LogP contribution in [0.3, 0.4) is 0 Å². The van der Waals surface area contributed by atoms with Crippen LogP contribution in [-0.4, -0.2) is 5.11 Å². The van der Waals surface area contributed by atoms with Gasteiger partial charge < -0.3 is 9.84 Å². The van der Waals surface area contributed by atoms with Gasteiger partial charge in [0.25, 0.3) is 0 Å². The first-order chi connectivity index (χ1) is 9.54. The van der Waals surface area contributed by atoms with E-state index in [9.17, 15) is 13.9 Å². The Balaban J connectivity index is 1.99. The summed E-state index contributed by atoms with van der Waals surface area (Å²) in [5.41, 5.74) is 0.662. The number of aliphatic hydroxyl groups excluding tert-OH is 1. The third-order valence-corrected chi connectivity index (χ3v) is 3.58. The smallest absolute Gasteiger partial charge is 0.130 e. The topological polar surface area (TPSA) is 29.5 Å². The van der Waals surface area contributed by atoms with Crippen molar-refractivity contribution >= 4 is 11.6 Å². The predicted molar refractivity (Wildman–Crippen MR) is 70.8 cm³/mol. The Bertz CT molecular complexity index is 660. The second-order valence-electron chi connectivity index (χ2n) is 4.71. The van der Waals surface area contributed by atoms with E-state index in [1.165, 1.54) is 36.4 Å². The number of hydrogen-bond donors (Lipinski definition) is 1. The summed E-state index contributed by atoms with van der Waals surface area (Å²) in [6.07, 6.45) is -1.41. The molecular formula is C15H11ClF2O2. The van der Waals surface area contributed by atoms with Crippen LogP contribution in [0, 0.1) is 11.6 Å². The minimum atomic E-state index is -0.905. The Morgan fingerprint density at radius 2 is 1.90 bits per heavy atom. The van der Waals surface area contributed by atoms with Gasteiger partial charge in [-0.15, -0.1) is 0 Å². The van der Waals surface area contributed by atoms with Gasteiger partial charge in [-0.1, -0.05) is 11.6 Å². The average Bonchev–Trinajstić information content (AvgIpc) is 2.42. The number of ether oxygens (including phenoxy) is 1. The normalized spacial score (nSPS) is 21.2. The molecule has 1 unspecified atom stereocenters. The van der Waals surface area contributed by atoms with Crippen LogP contribution in [0.15, 0.2) is 36.4 Å². The Morgan fingerprint density at radius 3 is 2.70 bits per heavy atom. The fourth-order valence-corrected chi connectivity index (χ4v) is 2.55. The molecule has 0 saturated heterocycles. The van der Waals surface area contributed by atoms with Crippen LogP contribution in [0.25, 0.3) is 0 Å². The monoisotopic (exact) mass is 296 g/mol. The molecule has 2 aromatic carbocycles. The number of fused-ring (bicyclic) bond motifs is 1. The highest BCUT2D eigenvalue weighted by Crippen LogP contribution is 2.41. The zero-order chi connectivity index (χ0) is 14.3. The lowest BCUT2D eigenvalue weighted by molar-refractivity contribution is 0.0636. The molecule has 5 heteroatoms. The minimum absolute atomic E-state index is 0.147. The SMILES string of the molecule is O[C@H]1CC(c2cc(Cl)ccc2F)Oc2ccc(F)cc21. The van der Waals surface area contributed by atoms with Crippen molar-refractivity contribution < 1.29 is 18.6 Å². The summed E-state index contributed by atoms with van der Waals surface area (Å²) in [6.45, 7) is 0. The van der Waals surface area contributed by atoms with Crippen LogP contribution >= 0.6 is 11.6 Å². The molecule has 1 heterocycles. The first kappa shape index (κ1) is 13.3. The summed E-state index contributed by atoms with van der Waals surface area (Å²) in [5, 5.41) is 10.5. The van der Waals surface area contributed by atoms with Crippen molar-refractivity contribution in [2.75, 3.05) is 0 Å². The number of aliphatic hydroxyl groups is 1. The molecule has 104 valence electrons. The molecule has 0 saturated carbocycles. The summed E-state index contributed by atoms with van der Waals surface area (Å²) in [7, 11) is 0. The second-order valence-corrected chi connectivity index (χ2v) is 5.14. The maximum atomic E-state index is 13.8. The maximum Gasteiger partial charge on any atom is 0.130 e. The molecular weight excluding hydrogens is 286 g/mol. The van der Waals surface area contributed by atoms with Gasteiger partial charge in [-0.3, -0.25) is 0 Å². The lowest BCUT2D eigenvalue weighted by Crippen LogP contribution is -2.20. The van der Waals surface area contributed by atoms with Crippen molar-refractivity contribution in [3.8, 4) is 5.75 Å². The van der Waals surface area contributed by atoms with E-state index in [2.05, 4.69) is 0 Å². The lowest BCUT2D eigenvalue weighted by atomic mass is 9.94. The molecule has 3 rings (SSSR count). The summed E-state index contributed by atoms with van der Waals surface area (Å²) in [4.78, 5) is 0. The fraction of sp³-hybridized carbons (Fsp3) is 0.200. The van der Waals surface area contributed by atoms with Gasteiger partial charge in [-0.25, -0.2) is 8.78 Å². The molecule has 20 heavy (non-hydrogen) atoms. The van der Waals surface area contributed by atoms with Crippen LogP contribution in [0.5, 0.6) is 5.75 Å². The van der Waals surface area contributed by atoms with Gasteiger partial charge in [0.05, 0.1) is 6.10 Å². The van der Waals surface area contributed by atoms with Gasteiger partial charge in [0.2, 0.25) is 0 Å². The molecule has 1 aliphatic rings. The standard InChI is InChI=1S/C15H11ClF2O2/c16-8-1-3-12(18)10(5-8)15-7-13(19)11-6-9(17)2-4-14(11)20-15/h1-6,13,15,19H,7H2/t13-,15?/m0/s1. The number of halogens is 3. The van der Waals surface area contributed by atoms with Crippen molar-refractivity contribution in [1.82, 2.24) is 0 Å². The predicted octanol–water partition coefficient (Wildman–Crippen LogP) is 4.18. The van der Waals surface area contributed by atoms with Crippen molar-refractivity contribution in [3.63, 3.8) is 0 Å². The van der Waals surface area contributed by atoms with Crippen molar-refractivity contribution in [3.05, 3.63) is 64.2 Å². The Hall–Kier alpha value is -1.65. The molecule has 0 amide bonds. The van der Waals surface area contributed by atoms with E-state index in [0.717, 1.165) is 0 Å². The van der Waals surface area contributed by atoms with Crippen LogP contribution in [0.4, 0.5) is 8.78 Å². The van der Waals surface area contributed by atoms with E-state index in [0.29, 0.717) is 16.3 Å². The third kappa shape index (κ3) is 2.37. The van der Waals surface area contributed by atoms with Crippen LogP contribution < -0.4 is 4.74 Å². The van der Waals surface area contributed by atoms with E-state index in [1.54, 1.807) is 0 Å². The highest BCUT2D eigenvalue weighted by atomic mass is 35.5. The van der Waals surface area contributed by atoms with E-state index in [-0.39, 0.29) is 12.0 Å². The average molecular weight is 297 g/mol. The van der Waals surface area contributed by atoms with Gasteiger partial charge in [0.15, 0.2) is 0 Å². The van der Waals surface area contributed by atoms with Crippen molar-refractivity contribution in [2.45, 2.75) is 18.6 Å². The number of hydrogen-bond acceptors (Lipinski definition) is 2. The van der Waals surface area contributed by atoms with E-state index < -0.39 is 23.8 Å². The molecule has 0 fully saturated rings. The highest BCUT2D eigenvalue weighted by Gasteiger charge is 2.30. The molecule has 0 bridgehead atoms. The first-order valence-electron chi connectivity index (χ1n) is 6.13. The molecule has 0 spiro atoms. The Morgan fingerprint density at radius 1 is 1.10 bits per heavy atom. The zero-order valence-electron chi connectivity index (χ0n) is 10.3. The molecule has 2 atom stereocenters. The summed E-state index contributed by atoms with van der Waals surface area (Å²) < 4.78 is 32.7. The Labute approximate surface area is 119 Å². The summed E-state index contributed by atoms with van der Waals surface area (Å²) in [5.74, 6) is -0.537. The molecule has 2 nitrogen and oxygen atoms in total. The van der Waals surface area contributed by atoms with E-state index in [4.69, 9.17) is 16.3 Å². The van der Waals surface area contributed by atoms with E-state index in [1.807, 2.05) is 0 Å².